The molecule has 0 aliphatic rings. The molecule has 110 valence electrons. The number of para-hydroxylation sites is 3. The molecule has 0 heterocycles. The molecule has 0 atom stereocenters. The van der Waals surface area contributed by atoms with Crippen molar-refractivity contribution < 1.29 is 14.3 Å². The van der Waals surface area contributed by atoms with Crippen molar-refractivity contribution in [1.82, 2.24) is 0 Å². The van der Waals surface area contributed by atoms with E-state index < -0.39 is 11.7 Å². The third-order valence-corrected chi connectivity index (χ3v) is 2.49. The molecule has 2 aromatic rings. The number of benzene rings is 2. The molecule has 0 spiro atoms. The van der Waals surface area contributed by atoms with Crippen LogP contribution in [0.25, 0.3) is 0 Å². The van der Waals surface area contributed by atoms with Crippen molar-refractivity contribution in [3.05, 3.63) is 54.6 Å². The van der Waals surface area contributed by atoms with Crippen molar-refractivity contribution in [2.75, 3.05) is 5.32 Å². The molecule has 0 saturated carbocycles. The van der Waals surface area contributed by atoms with Gasteiger partial charge in [0.2, 0.25) is 0 Å². The minimum absolute atomic E-state index is 0.508. The molecule has 0 fully saturated rings. The van der Waals surface area contributed by atoms with E-state index in [1.807, 2.05) is 63.2 Å². The lowest BCUT2D eigenvalue weighted by Crippen LogP contribution is -2.27. The molecular weight excluding hydrogens is 266 g/mol. The zero-order valence-electron chi connectivity index (χ0n) is 12.4. The van der Waals surface area contributed by atoms with Crippen LogP contribution in [0, 0.1) is 0 Å². The molecule has 0 radical (unpaired) electrons. The monoisotopic (exact) mass is 285 g/mol. The first-order valence-corrected chi connectivity index (χ1v) is 6.76. The number of ether oxygens (including phenoxy) is 2. The molecule has 2 rings (SSSR count). The lowest BCUT2D eigenvalue weighted by molar-refractivity contribution is 0.0635. The number of carbonyl (C=O) groups is 1. The zero-order chi connectivity index (χ0) is 15.3. The molecule has 0 aliphatic heterocycles. The summed E-state index contributed by atoms with van der Waals surface area (Å²) in [5.41, 5.74) is 0.0230. The third-order valence-electron chi connectivity index (χ3n) is 2.49. The average Bonchev–Trinajstić information content (AvgIpc) is 2.40. The van der Waals surface area contributed by atoms with Crippen LogP contribution >= 0.6 is 0 Å². The van der Waals surface area contributed by atoms with Gasteiger partial charge >= 0.3 is 6.09 Å². The molecule has 0 unspecified atom stereocenters. The van der Waals surface area contributed by atoms with Crippen LogP contribution in [0.1, 0.15) is 20.8 Å². The highest BCUT2D eigenvalue weighted by Crippen LogP contribution is 2.29. The summed E-state index contributed by atoms with van der Waals surface area (Å²) in [6.45, 7) is 5.46. The van der Waals surface area contributed by atoms with Crippen LogP contribution in [0.15, 0.2) is 54.6 Å². The van der Waals surface area contributed by atoms with Gasteiger partial charge in [-0.15, -0.1) is 0 Å². The van der Waals surface area contributed by atoms with E-state index in [9.17, 15) is 4.79 Å². The second-order valence-electron chi connectivity index (χ2n) is 5.54. The van der Waals surface area contributed by atoms with Gasteiger partial charge in [0, 0.05) is 0 Å². The number of hydrogen-bond acceptors (Lipinski definition) is 3. The Morgan fingerprint density at radius 3 is 2.24 bits per heavy atom. The zero-order valence-corrected chi connectivity index (χ0v) is 12.4. The highest BCUT2D eigenvalue weighted by Gasteiger charge is 2.17. The van der Waals surface area contributed by atoms with Gasteiger partial charge in [-0.3, -0.25) is 5.32 Å². The molecule has 21 heavy (non-hydrogen) atoms. The molecule has 1 N–H and O–H groups in total. The Bertz CT molecular complexity index is 603. The van der Waals surface area contributed by atoms with Crippen LogP contribution in [0.3, 0.4) is 0 Å². The normalized spacial score (nSPS) is 10.8. The van der Waals surface area contributed by atoms with Crippen LogP contribution in [0.4, 0.5) is 10.5 Å². The Labute approximate surface area is 124 Å². The predicted molar refractivity (Wildman–Crippen MR) is 82.8 cm³/mol. The van der Waals surface area contributed by atoms with Crippen LogP contribution in [-0.2, 0) is 4.74 Å². The van der Waals surface area contributed by atoms with Gasteiger partial charge in [-0.1, -0.05) is 30.3 Å². The minimum atomic E-state index is -0.542. The van der Waals surface area contributed by atoms with Crippen molar-refractivity contribution in [2.24, 2.45) is 0 Å². The Balaban J connectivity index is 2.12. The lowest BCUT2D eigenvalue weighted by atomic mass is 10.2. The topological polar surface area (TPSA) is 47.6 Å². The van der Waals surface area contributed by atoms with E-state index in [2.05, 4.69) is 5.32 Å². The van der Waals surface area contributed by atoms with Gasteiger partial charge in [0.05, 0.1) is 5.69 Å². The van der Waals surface area contributed by atoms with Gasteiger partial charge in [0.1, 0.15) is 11.4 Å². The Hall–Kier alpha value is -2.49. The first-order chi connectivity index (χ1) is 9.94. The molecule has 1 amide bonds. The summed E-state index contributed by atoms with van der Waals surface area (Å²) in [4.78, 5) is 11.8. The van der Waals surface area contributed by atoms with E-state index in [1.165, 1.54) is 0 Å². The fraction of sp³-hybridized carbons (Fsp3) is 0.235. The molecule has 0 aromatic heterocycles. The van der Waals surface area contributed by atoms with Crippen LogP contribution in [0.2, 0.25) is 0 Å². The van der Waals surface area contributed by atoms with Crippen molar-refractivity contribution in [2.45, 2.75) is 26.4 Å². The van der Waals surface area contributed by atoms with E-state index in [1.54, 1.807) is 12.1 Å². The molecule has 4 nitrogen and oxygen atoms in total. The molecule has 2 aromatic carbocycles. The van der Waals surface area contributed by atoms with Crippen LogP contribution in [0.5, 0.6) is 11.5 Å². The number of amides is 1. The summed E-state index contributed by atoms with van der Waals surface area (Å²) in [5.74, 6) is 1.27. The first kappa shape index (κ1) is 14.9. The fourth-order valence-corrected chi connectivity index (χ4v) is 1.69. The maximum atomic E-state index is 11.8. The Morgan fingerprint density at radius 1 is 0.952 bits per heavy atom. The predicted octanol–water partition coefficient (Wildman–Crippen LogP) is 4.83. The van der Waals surface area contributed by atoms with Crippen LogP contribution < -0.4 is 10.1 Å². The smallest absolute Gasteiger partial charge is 0.412 e. The van der Waals surface area contributed by atoms with Gasteiger partial charge in [0.15, 0.2) is 5.75 Å². The van der Waals surface area contributed by atoms with E-state index in [-0.39, 0.29) is 0 Å². The van der Waals surface area contributed by atoms with E-state index in [4.69, 9.17) is 9.47 Å². The van der Waals surface area contributed by atoms with Gasteiger partial charge in [-0.25, -0.2) is 4.79 Å². The lowest BCUT2D eigenvalue weighted by Gasteiger charge is -2.20. The summed E-state index contributed by atoms with van der Waals surface area (Å²) in [6.07, 6.45) is -0.508. The molecular formula is C17H19NO3. The number of rotatable bonds is 3. The summed E-state index contributed by atoms with van der Waals surface area (Å²) in [6, 6.07) is 16.6. The second-order valence-corrected chi connectivity index (χ2v) is 5.54. The maximum absolute atomic E-state index is 11.8. The summed E-state index contributed by atoms with van der Waals surface area (Å²) in [7, 11) is 0. The standard InChI is InChI=1S/C17H19NO3/c1-17(2,3)21-16(19)18-14-11-7-8-12-15(14)20-13-9-5-4-6-10-13/h4-12H,1-3H3,(H,18,19). The van der Waals surface area contributed by atoms with E-state index in [0.29, 0.717) is 17.2 Å². The maximum Gasteiger partial charge on any atom is 0.412 e. The largest absolute Gasteiger partial charge is 0.455 e. The summed E-state index contributed by atoms with van der Waals surface area (Å²) in [5, 5.41) is 2.70. The number of carbonyl (C=O) groups excluding carboxylic acids is 1. The molecule has 0 saturated heterocycles. The first-order valence-electron chi connectivity index (χ1n) is 6.76. The SMILES string of the molecule is CC(C)(C)OC(=O)Nc1ccccc1Oc1ccccc1. The van der Waals surface area contributed by atoms with Crippen molar-refractivity contribution in [3.63, 3.8) is 0 Å². The van der Waals surface area contributed by atoms with Crippen molar-refractivity contribution in [3.8, 4) is 11.5 Å². The highest BCUT2D eigenvalue weighted by atomic mass is 16.6. The average molecular weight is 285 g/mol. The minimum Gasteiger partial charge on any atom is -0.455 e. The third kappa shape index (κ3) is 4.84. The molecule has 4 heteroatoms. The molecule has 0 aliphatic carbocycles. The summed E-state index contributed by atoms with van der Waals surface area (Å²) < 4.78 is 11.0. The van der Waals surface area contributed by atoms with Gasteiger partial charge in [-0.05, 0) is 45.0 Å². The van der Waals surface area contributed by atoms with Gasteiger partial charge in [-0.2, -0.15) is 0 Å². The molecule has 0 bridgehead atoms. The van der Waals surface area contributed by atoms with E-state index >= 15 is 0 Å². The second kappa shape index (κ2) is 6.31. The number of hydrogen-bond donors (Lipinski definition) is 1. The van der Waals surface area contributed by atoms with Crippen molar-refractivity contribution >= 4 is 11.8 Å². The quantitative estimate of drug-likeness (QED) is 0.879. The fourth-order valence-electron chi connectivity index (χ4n) is 1.69. The number of anilines is 1. The highest BCUT2D eigenvalue weighted by molar-refractivity contribution is 5.87. The Kier molecular flexibility index (Phi) is 4.48. The van der Waals surface area contributed by atoms with Gasteiger partial charge < -0.3 is 9.47 Å². The van der Waals surface area contributed by atoms with Gasteiger partial charge in [0.25, 0.3) is 0 Å². The number of nitrogens with one attached hydrogen (secondary N) is 1. The summed E-state index contributed by atoms with van der Waals surface area (Å²) >= 11 is 0. The van der Waals surface area contributed by atoms with Crippen molar-refractivity contribution in [1.29, 1.82) is 0 Å². The van der Waals surface area contributed by atoms with Crippen LogP contribution in [-0.4, -0.2) is 11.7 Å². The Morgan fingerprint density at radius 2 is 1.57 bits per heavy atom. The van der Waals surface area contributed by atoms with E-state index in [0.717, 1.165) is 0 Å².